The maximum atomic E-state index is 12.8. The number of hydrogen-bond acceptors (Lipinski definition) is 3. The van der Waals surface area contributed by atoms with E-state index in [4.69, 9.17) is 4.74 Å². The van der Waals surface area contributed by atoms with Crippen molar-refractivity contribution in [3.05, 3.63) is 0 Å². The Kier molecular flexibility index (Phi) is 5.53. The van der Waals surface area contributed by atoms with Crippen LogP contribution in [0.1, 0.15) is 57.8 Å². The number of nitrogens with zero attached hydrogens (tertiary/aromatic N) is 1. The first-order chi connectivity index (χ1) is 10.3. The lowest BCUT2D eigenvalue weighted by Gasteiger charge is -2.38. The van der Waals surface area contributed by atoms with Crippen LogP contribution in [0.15, 0.2) is 0 Å². The molecule has 0 aliphatic carbocycles. The van der Waals surface area contributed by atoms with E-state index in [9.17, 15) is 4.79 Å². The van der Waals surface area contributed by atoms with Crippen molar-refractivity contribution in [1.82, 2.24) is 10.2 Å². The molecule has 0 radical (unpaired) electrons. The number of likely N-dealkylation sites (tertiary alicyclic amines) is 1. The second-order valence-corrected chi connectivity index (χ2v) is 6.93. The highest BCUT2D eigenvalue weighted by molar-refractivity contribution is 5.77. The summed E-state index contributed by atoms with van der Waals surface area (Å²) < 4.78 is 5.67. The van der Waals surface area contributed by atoms with E-state index in [2.05, 4.69) is 10.2 Å². The molecule has 0 spiro atoms. The molecular formula is C17H30N2O2. The van der Waals surface area contributed by atoms with Crippen molar-refractivity contribution in [1.29, 1.82) is 0 Å². The van der Waals surface area contributed by atoms with Crippen LogP contribution in [0, 0.1) is 5.92 Å². The lowest BCUT2D eigenvalue weighted by molar-refractivity contribution is -0.137. The lowest BCUT2D eigenvalue weighted by atomic mass is 9.86. The molecule has 3 heterocycles. The molecule has 3 aliphatic heterocycles. The fourth-order valence-corrected chi connectivity index (χ4v) is 4.28. The van der Waals surface area contributed by atoms with Gasteiger partial charge in [0.1, 0.15) is 0 Å². The van der Waals surface area contributed by atoms with Crippen LogP contribution in [0.4, 0.5) is 0 Å². The molecule has 4 heteroatoms. The Labute approximate surface area is 128 Å². The summed E-state index contributed by atoms with van der Waals surface area (Å²) >= 11 is 0. The Balaban J connectivity index is 1.63. The van der Waals surface area contributed by atoms with Crippen molar-refractivity contribution in [3.8, 4) is 0 Å². The number of piperidine rings is 1. The second kappa shape index (κ2) is 7.59. The van der Waals surface area contributed by atoms with Gasteiger partial charge in [0.05, 0.1) is 12.5 Å². The Hall–Kier alpha value is -0.610. The maximum Gasteiger partial charge on any atom is 0.225 e. The van der Waals surface area contributed by atoms with E-state index in [0.717, 1.165) is 39.1 Å². The predicted molar refractivity (Wildman–Crippen MR) is 83.2 cm³/mol. The molecule has 120 valence electrons. The molecule has 1 N–H and O–H groups in total. The molecule has 3 saturated heterocycles. The van der Waals surface area contributed by atoms with Crippen molar-refractivity contribution in [3.63, 3.8) is 0 Å². The summed E-state index contributed by atoms with van der Waals surface area (Å²) in [6.07, 6.45) is 10.4. The number of carbonyl (C=O) groups excluding carboxylic acids is 1. The van der Waals surface area contributed by atoms with Gasteiger partial charge in [-0.3, -0.25) is 4.79 Å². The third-order valence-corrected chi connectivity index (χ3v) is 5.47. The Morgan fingerprint density at radius 3 is 2.67 bits per heavy atom. The van der Waals surface area contributed by atoms with Gasteiger partial charge in [0.25, 0.3) is 0 Å². The number of nitrogens with one attached hydrogen (secondary N) is 1. The second-order valence-electron chi connectivity index (χ2n) is 6.93. The first-order valence-corrected chi connectivity index (χ1v) is 8.96. The van der Waals surface area contributed by atoms with Crippen LogP contribution in [-0.4, -0.2) is 49.2 Å². The standard InChI is InChI=1S/C17H30N2O2/c20-17(13-15-5-4-12-21-15)19-11-3-1-2-6-16(19)14-7-9-18-10-8-14/h14-16,18H,1-13H2. The summed E-state index contributed by atoms with van der Waals surface area (Å²) in [4.78, 5) is 15.0. The molecular weight excluding hydrogens is 264 g/mol. The molecule has 0 bridgehead atoms. The van der Waals surface area contributed by atoms with Gasteiger partial charge in [-0.25, -0.2) is 0 Å². The van der Waals surface area contributed by atoms with Gasteiger partial charge in [-0.15, -0.1) is 0 Å². The van der Waals surface area contributed by atoms with Gasteiger partial charge in [-0.05, 0) is 57.5 Å². The molecule has 0 aromatic heterocycles. The highest BCUT2D eigenvalue weighted by Gasteiger charge is 2.33. The molecule has 4 nitrogen and oxygen atoms in total. The Morgan fingerprint density at radius 1 is 1.05 bits per heavy atom. The number of amides is 1. The van der Waals surface area contributed by atoms with Gasteiger partial charge in [0, 0.05) is 19.2 Å². The number of ether oxygens (including phenoxy) is 1. The fourth-order valence-electron chi connectivity index (χ4n) is 4.28. The van der Waals surface area contributed by atoms with Crippen molar-refractivity contribution in [2.45, 2.75) is 69.9 Å². The molecule has 3 rings (SSSR count). The SMILES string of the molecule is O=C(CC1CCCO1)N1CCCCCC1C1CCNCC1. The summed E-state index contributed by atoms with van der Waals surface area (Å²) in [5.41, 5.74) is 0. The molecule has 3 fully saturated rings. The van der Waals surface area contributed by atoms with E-state index in [1.807, 2.05) is 0 Å². The van der Waals surface area contributed by atoms with Crippen LogP contribution in [-0.2, 0) is 9.53 Å². The summed E-state index contributed by atoms with van der Waals surface area (Å²) in [6, 6.07) is 0.489. The minimum Gasteiger partial charge on any atom is -0.378 e. The fraction of sp³-hybridized carbons (Fsp3) is 0.941. The minimum atomic E-state index is 0.189. The summed E-state index contributed by atoms with van der Waals surface area (Å²) in [6.45, 7) is 4.06. The minimum absolute atomic E-state index is 0.189. The smallest absolute Gasteiger partial charge is 0.225 e. The molecule has 0 aromatic carbocycles. The van der Waals surface area contributed by atoms with E-state index in [0.29, 0.717) is 24.3 Å². The van der Waals surface area contributed by atoms with Gasteiger partial charge >= 0.3 is 0 Å². The van der Waals surface area contributed by atoms with E-state index < -0.39 is 0 Å². The van der Waals surface area contributed by atoms with Crippen molar-refractivity contribution < 1.29 is 9.53 Å². The number of rotatable bonds is 3. The third kappa shape index (κ3) is 3.98. The monoisotopic (exact) mass is 294 g/mol. The van der Waals surface area contributed by atoms with Crippen molar-refractivity contribution in [2.75, 3.05) is 26.2 Å². The molecule has 0 saturated carbocycles. The lowest BCUT2D eigenvalue weighted by Crippen LogP contribution is -2.47. The van der Waals surface area contributed by atoms with Gasteiger partial charge < -0.3 is 15.0 Å². The summed E-state index contributed by atoms with van der Waals surface area (Å²) in [5.74, 6) is 1.06. The van der Waals surface area contributed by atoms with E-state index >= 15 is 0 Å². The van der Waals surface area contributed by atoms with Crippen LogP contribution >= 0.6 is 0 Å². The topological polar surface area (TPSA) is 41.6 Å². The highest BCUT2D eigenvalue weighted by atomic mass is 16.5. The van der Waals surface area contributed by atoms with Gasteiger partial charge in [-0.1, -0.05) is 12.8 Å². The van der Waals surface area contributed by atoms with Crippen LogP contribution in [0.3, 0.4) is 0 Å². The molecule has 21 heavy (non-hydrogen) atoms. The molecule has 2 unspecified atom stereocenters. The molecule has 1 amide bonds. The maximum absolute atomic E-state index is 12.8. The van der Waals surface area contributed by atoms with Crippen LogP contribution in [0.2, 0.25) is 0 Å². The zero-order valence-electron chi connectivity index (χ0n) is 13.2. The first kappa shape index (κ1) is 15.3. The third-order valence-electron chi connectivity index (χ3n) is 5.47. The normalized spacial score (nSPS) is 32.1. The quantitative estimate of drug-likeness (QED) is 0.868. The number of hydrogen-bond donors (Lipinski definition) is 1. The van der Waals surface area contributed by atoms with Gasteiger partial charge in [-0.2, -0.15) is 0 Å². The predicted octanol–water partition coefficient (Wildman–Crippen LogP) is 2.33. The van der Waals surface area contributed by atoms with Crippen LogP contribution < -0.4 is 5.32 Å². The van der Waals surface area contributed by atoms with Crippen molar-refractivity contribution in [2.24, 2.45) is 5.92 Å². The van der Waals surface area contributed by atoms with Gasteiger partial charge in [0.15, 0.2) is 0 Å². The highest BCUT2D eigenvalue weighted by Crippen LogP contribution is 2.29. The van der Waals surface area contributed by atoms with E-state index in [-0.39, 0.29) is 6.10 Å². The average Bonchev–Trinajstić information content (AvgIpc) is 2.89. The summed E-state index contributed by atoms with van der Waals surface area (Å²) in [7, 11) is 0. The Morgan fingerprint density at radius 2 is 1.90 bits per heavy atom. The number of carbonyl (C=O) groups is 1. The van der Waals surface area contributed by atoms with Crippen LogP contribution in [0.5, 0.6) is 0 Å². The van der Waals surface area contributed by atoms with E-state index in [1.165, 1.54) is 38.5 Å². The molecule has 3 aliphatic rings. The molecule has 2 atom stereocenters. The van der Waals surface area contributed by atoms with Gasteiger partial charge in [0.2, 0.25) is 5.91 Å². The van der Waals surface area contributed by atoms with Crippen molar-refractivity contribution >= 4 is 5.91 Å². The zero-order valence-corrected chi connectivity index (χ0v) is 13.2. The summed E-state index contributed by atoms with van der Waals surface area (Å²) in [5, 5.41) is 3.45. The van der Waals surface area contributed by atoms with Crippen LogP contribution in [0.25, 0.3) is 0 Å². The zero-order chi connectivity index (χ0) is 14.5. The first-order valence-electron chi connectivity index (χ1n) is 8.96. The Bertz CT molecular complexity index is 336. The van der Waals surface area contributed by atoms with E-state index in [1.54, 1.807) is 0 Å². The largest absolute Gasteiger partial charge is 0.378 e. The average molecular weight is 294 g/mol. The molecule has 0 aromatic rings.